The van der Waals surface area contributed by atoms with Crippen LogP contribution in [0.15, 0.2) is 42.5 Å². The molecule has 0 N–H and O–H groups in total. The molecule has 100 valence electrons. The van der Waals surface area contributed by atoms with Gasteiger partial charge in [-0.1, -0.05) is 49.4 Å². The molecule has 19 heavy (non-hydrogen) atoms. The largest absolute Gasteiger partial charge is 0.469 e. The van der Waals surface area contributed by atoms with Crippen molar-refractivity contribution in [2.45, 2.75) is 19.3 Å². The smallest absolute Gasteiger partial charge is 0.309 e. The van der Waals surface area contributed by atoms with E-state index in [1.54, 1.807) is 0 Å². The lowest BCUT2D eigenvalue weighted by molar-refractivity contribution is -0.148. The van der Waals surface area contributed by atoms with Gasteiger partial charge in [-0.2, -0.15) is 0 Å². The molecule has 0 radical (unpaired) electrons. The van der Waals surface area contributed by atoms with Crippen LogP contribution in [0.3, 0.4) is 0 Å². The number of carbonyl (C=O) groups excluding carboxylic acids is 1. The fraction of sp³-hybridized carbons (Fsp3) is 0.471. The molecule has 3 rings (SSSR count). The number of allylic oxidation sites excluding steroid dienone is 2. The highest BCUT2D eigenvalue weighted by Gasteiger charge is 2.50. The lowest BCUT2D eigenvalue weighted by atomic mass is 9.73. The lowest BCUT2D eigenvalue weighted by Crippen LogP contribution is -2.31. The van der Waals surface area contributed by atoms with Crippen molar-refractivity contribution in [3.05, 3.63) is 48.0 Å². The predicted octanol–water partition coefficient (Wildman–Crippen LogP) is 3.40. The first-order chi connectivity index (χ1) is 9.22. The van der Waals surface area contributed by atoms with Crippen LogP contribution in [0.5, 0.6) is 0 Å². The number of carbonyl (C=O) groups is 1. The topological polar surface area (TPSA) is 26.3 Å². The first kappa shape index (κ1) is 12.5. The van der Waals surface area contributed by atoms with E-state index in [4.69, 9.17) is 4.74 Å². The summed E-state index contributed by atoms with van der Waals surface area (Å²) < 4.78 is 5.03. The van der Waals surface area contributed by atoms with Crippen molar-refractivity contribution in [3.8, 4) is 0 Å². The highest BCUT2D eigenvalue weighted by molar-refractivity contribution is 5.74. The summed E-state index contributed by atoms with van der Waals surface area (Å²) in [5.74, 6) is 1.69. The van der Waals surface area contributed by atoms with Crippen LogP contribution in [0, 0.1) is 23.7 Å². The Balaban J connectivity index is 1.90. The molecule has 1 saturated carbocycles. The second-order valence-electron chi connectivity index (χ2n) is 5.77. The van der Waals surface area contributed by atoms with Crippen molar-refractivity contribution in [2.24, 2.45) is 23.7 Å². The van der Waals surface area contributed by atoms with Gasteiger partial charge in [-0.3, -0.25) is 4.79 Å². The summed E-state index contributed by atoms with van der Waals surface area (Å²) in [7, 11) is 1.50. The van der Waals surface area contributed by atoms with Gasteiger partial charge in [-0.05, 0) is 35.7 Å². The van der Waals surface area contributed by atoms with Gasteiger partial charge in [-0.25, -0.2) is 0 Å². The van der Waals surface area contributed by atoms with Gasteiger partial charge in [0, 0.05) is 0 Å². The Morgan fingerprint density at radius 3 is 2.58 bits per heavy atom. The van der Waals surface area contributed by atoms with Gasteiger partial charge in [-0.15, -0.1) is 0 Å². The SMILES string of the molecule is COC(=O)[C@@H]1C2C=CC(C2)C1[C@H](C)c1ccccc1. The summed E-state index contributed by atoms with van der Waals surface area (Å²) in [6.07, 6.45) is 5.62. The van der Waals surface area contributed by atoms with Crippen molar-refractivity contribution in [1.29, 1.82) is 0 Å². The lowest BCUT2D eigenvalue weighted by Gasteiger charge is -2.31. The second-order valence-corrected chi connectivity index (χ2v) is 5.77. The van der Waals surface area contributed by atoms with E-state index in [0.29, 0.717) is 23.7 Å². The van der Waals surface area contributed by atoms with E-state index in [2.05, 4.69) is 43.3 Å². The predicted molar refractivity (Wildman–Crippen MR) is 74.6 cm³/mol. The zero-order valence-electron chi connectivity index (χ0n) is 11.5. The van der Waals surface area contributed by atoms with Gasteiger partial charge in [0.1, 0.15) is 0 Å². The number of ether oxygens (including phenoxy) is 1. The van der Waals surface area contributed by atoms with Crippen LogP contribution in [-0.4, -0.2) is 13.1 Å². The minimum atomic E-state index is -0.0374. The molecule has 1 fully saturated rings. The maximum absolute atomic E-state index is 12.1. The molecule has 0 spiro atoms. The van der Waals surface area contributed by atoms with Crippen molar-refractivity contribution in [1.82, 2.24) is 0 Å². The molecular weight excluding hydrogens is 236 g/mol. The third-order valence-electron chi connectivity index (χ3n) is 4.90. The van der Waals surface area contributed by atoms with Gasteiger partial charge in [0.05, 0.1) is 13.0 Å². The van der Waals surface area contributed by atoms with Crippen molar-refractivity contribution in [3.63, 3.8) is 0 Å². The van der Waals surface area contributed by atoms with E-state index in [0.717, 1.165) is 6.42 Å². The molecule has 0 heterocycles. The van der Waals surface area contributed by atoms with Crippen molar-refractivity contribution in [2.75, 3.05) is 7.11 Å². The summed E-state index contributed by atoms with van der Waals surface area (Å²) in [6, 6.07) is 10.5. The number of hydrogen-bond donors (Lipinski definition) is 0. The first-order valence-electron chi connectivity index (χ1n) is 7.03. The molecule has 1 aromatic rings. The number of hydrogen-bond acceptors (Lipinski definition) is 2. The third-order valence-corrected chi connectivity index (χ3v) is 4.90. The van der Waals surface area contributed by atoms with Gasteiger partial charge in [0.2, 0.25) is 0 Å². The number of benzene rings is 1. The van der Waals surface area contributed by atoms with Gasteiger partial charge < -0.3 is 4.74 Å². The van der Waals surface area contributed by atoms with Crippen LogP contribution in [-0.2, 0) is 9.53 Å². The molecule has 2 aliphatic carbocycles. The molecule has 0 aromatic heterocycles. The van der Waals surface area contributed by atoms with E-state index < -0.39 is 0 Å². The Labute approximate surface area is 114 Å². The molecule has 2 heteroatoms. The van der Waals surface area contributed by atoms with Crippen LogP contribution in [0.25, 0.3) is 0 Å². The average Bonchev–Trinajstić information content (AvgIpc) is 3.07. The van der Waals surface area contributed by atoms with Crippen LogP contribution >= 0.6 is 0 Å². The highest BCUT2D eigenvalue weighted by atomic mass is 16.5. The number of esters is 1. The monoisotopic (exact) mass is 256 g/mol. The van der Waals surface area contributed by atoms with Crippen LogP contribution in [0.1, 0.15) is 24.8 Å². The van der Waals surface area contributed by atoms with Crippen molar-refractivity contribution < 1.29 is 9.53 Å². The van der Waals surface area contributed by atoms with E-state index in [1.807, 2.05) is 6.07 Å². The summed E-state index contributed by atoms with van der Waals surface area (Å²) in [6.45, 7) is 2.24. The Hall–Kier alpha value is -1.57. The third kappa shape index (κ3) is 1.99. The zero-order valence-corrected chi connectivity index (χ0v) is 11.5. The molecule has 2 aliphatic rings. The fourth-order valence-corrected chi connectivity index (χ4v) is 3.99. The van der Waals surface area contributed by atoms with Gasteiger partial charge >= 0.3 is 5.97 Å². The van der Waals surface area contributed by atoms with E-state index in [1.165, 1.54) is 12.7 Å². The second kappa shape index (κ2) is 4.84. The molecule has 5 atom stereocenters. The van der Waals surface area contributed by atoms with Gasteiger partial charge in [0.15, 0.2) is 0 Å². The van der Waals surface area contributed by atoms with E-state index in [-0.39, 0.29) is 11.9 Å². The molecule has 0 aliphatic heterocycles. The molecule has 0 saturated heterocycles. The zero-order chi connectivity index (χ0) is 13.4. The molecule has 2 nitrogen and oxygen atoms in total. The molecule has 3 unspecified atom stereocenters. The summed E-state index contributed by atoms with van der Waals surface area (Å²) in [4.78, 5) is 12.1. The average molecular weight is 256 g/mol. The number of fused-ring (bicyclic) bond motifs is 2. The molecule has 0 amide bonds. The van der Waals surface area contributed by atoms with Crippen LogP contribution in [0.4, 0.5) is 0 Å². The van der Waals surface area contributed by atoms with Crippen LogP contribution in [0.2, 0.25) is 0 Å². The highest BCUT2D eigenvalue weighted by Crippen LogP contribution is 2.53. The van der Waals surface area contributed by atoms with E-state index in [9.17, 15) is 4.79 Å². The first-order valence-corrected chi connectivity index (χ1v) is 7.03. The number of methoxy groups -OCH3 is 1. The maximum Gasteiger partial charge on any atom is 0.309 e. The Kier molecular flexibility index (Phi) is 3.17. The summed E-state index contributed by atoms with van der Waals surface area (Å²) in [5, 5.41) is 0. The fourth-order valence-electron chi connectivity index (χ4n) is 3.99. The standard InChI is InChI=1S/C17H20O2/c1-11(12-6-4-3-5-7-12)15-13-8-9-14(10-13)16(15)17(18)19-2/h3-9,11,13-16H,10H2,1-2H3/t11-,13?,14?,15?,16-/m1/s1. The molecule has 2 bridgehead atoms. The molecule has 1 aromatic carbocycles. The summed E-state index contributed by atoms with van der Waals surface area (Å²) in [5.41, 5.74) is 1.32. The maximum atomic E-state index is 12.1. The Morgan fingerprint density at radius 1 is 1.21 bits per heavy atom. The minimum Gasteiger partial charge on any atom is -0.469 e. The summed E-state index contributed by atoms with van der Waals surface area (Å²) >= 11 is 0. The quantitative estimate of drug-likeness (QED) is 0.612. The number of rotatable bonds is 3. The van der Waals surface area contributed by atoms with Gasteiger partial charge in [0.25, 0.3) is 0 Å². The Bertz CT molecular complexity index is 491. The van der Waals surface area contributed by atoms with E-state index >= 15 is 0 Å². The normalized spacial score (nSPS) is 33.4. The van der Waals surface area contributed by atoms with Crippen molar-refractivity contribution >= 4 is 5.97 Å². The minimum absolute atomic E-state index is 0.0372. The van der Waals surface area contributed by atoms with Crippen LogP contribution < -0.4 is 0 Å². The molecular formula is C17H20O2. The Morgan fingerprint density at radius 2 is 1.89 bits per heavy atom.